The average molecular weight is 475 g/mol. The van der Waals surface area contributed by atoms with Crippen LogP contribution in [-0.4, -0.2) is 61.4 Å². The summed E-state index contributed by atoms with van der Waals surface area (Å²) in [6.45, 7) is 4.66. The number of aryl methyl sites for hydroxylation is 1. The molecular formula is C22H21F4N7O. The molecular weight excluding hydrogens is 454 g/mol. The van der Waals surface area contributed by atoms with E-state index >= 15 is 0 Å². The minimum absolute atomic E-state index is 0.148. The molecule has 0 radical (unpaired) electrons. The molecule has 1 amide bonds. The second kappa shape index (κ2) is 7.74. The molecule has 2 aliphatic heterocycles. The van der Waals surface area contributed by atoms with Crippen molar-refractivity contribution < 1.29 is 22.4 Å². The zero-order chi connectivity index (χ0) is 24.3. The average Bonchev–Trinajstić information content (AvgIpc) is 3.30. The first kappa shape index (κ1) is 22.2. The SMILES string of the molecule is Cc1cc(N2C[C@]3(C)CCN(C(=O)c4c(F)cccc4-n4nccn4)C[C@H]23)nc(C(F)(F)F)n1. The van der Waals surface area contributed by atoms with E-state index in [-0.39, 0.29) is 40.8 Å². The van der Waals surface area contributed by atoms with Crippen molar-refractivity contribution in [3.05, 3.63) is 59.6 Å². The van der Waals surface area contributed by atoms with Gasteiger partial charge in [-0.15, -0.1) is 0 Å². The van der Waals surface area contributed by atoms with Gasteiger partial charge in [0.2, 0.25) is 5.82 Å². The van der Waals surface area contributed by atoms with Crippen LogP contribution in [0.25, 0.3) is 5.69 Å². The lowest BCUT2D eigenvalue weighted by Gasteiger charge is -2.60. The van der Waals surface area contributed by atoms with Gasteiger partial charge in [-0.1, -0.05) is 13.0 Å². The summed E-state index contributed by atoms with van der Waals surface area (Å²) in [5.41, 5.74) is 0.0770. The molecule has 0 unspecified atom stereocenters. The molecule has 0 N–H and O–H groups in total. The number of piperidine rings is 1. The number of fused-ring (bicyclic) bond motifs is 1. The van der Waals surface area contributed by atoms with Crippen LogP contribution in [0.1, 0.15) is 35.2 Å². The summed E-state index contributed by atoms with van der Waals surface area (Å²) >= 11 is 0. The summed E-state index contributed by atoms with van der Waals surface area (Å²) in [7, 11) is 0. The number of amides is 1. The number of benzene rings is 1. The van der Waals surface area contributed by atoms with Crippen molar-refractivity contribution in [3.63, 3.8) is 0 Å². The number of alkyl halides is 3. The van der Waals surface area contributed by atoms with Gasteiger partial charge in [0.25, 0.3) is 5.91 Å². The molecule has 2 atom stereocenters. The van der Waals surface area contributed by atoms with Crippen molar-refractivity contribution in [2.75, 3.05) is 24.5 Å². The summed E-state index contributed by atoms with van der Waals surface area (Å²) < 4.78 is 54.5. The van der Waals surface area contributed by atoms with E-state index in [2.05, 4.69) is 20.2 Å². The molecule has 0 spiro atoms. The molecule has 2 aliphatic rings. The van der Waals surface area contributed by atoms with Crippen molar-refractivity contribution in [2.24, 2.45) is 5.41 Å². The fourth-order valence-corrected chi connectivity index (χ4v) is 4.76. The van der Waals surface area contributed by atoms with Gasteiger partial charge < -0.3 is 9.80 Å². The normalized spacial score (nSPS) is 22.4. The van der Waals surface area contributed by atoms with E-state index in [0.29, 0.717) is 19.5 Å². The highest BCUT2D eigenvalue weighted by Gasteiger charge is 2.53. The lowest BCUT2D eigenvalue weighted by Crippen LogP contribution is -2.71. The van der Waals surface area contributed by atoms with E-state index in [9.17, 15) is 22.4 Å². The number of halogens is 4. The maximum atomic E-state index is 14.8. The molecule has 4 heterocycles. The van der Waals surface area contributed by atoms with Crippen LogP contribution in [0.15, 0.2) is 36.7 Å². The van der Waals surface area contributed by atoms with E-state index in [1.54, 1.807) is 11.0 Å². The van der Waals surface area contributed by atoms with Gasteiger partial charge in [0, 0.05) is 36.8 Å². The van der Waals surface area contributed by atoms with Crippen molar-refractivity contribution in [1.29, 1.82) is 0 Å². The van der Waals surface area contributed by atoms with E-state index in [4.69, 9.17) is 0 Å². The molecule has 8 nitrogen and oxygen atoms in total. The third-order valence-corrected chi connectivity index (χ3v) is 6.57. The first-order chi connectivity index (χ1) is 16.1. The van der Waals surface area contributed by atoms with Crippen molar-refractivity contribution in [2.45, 2.75) is 32.5 Å². The summed E-state index contributed by atoms with van der Waals surface area (Å²) in [5.74, 6) is -2.24. The van der Waals surface area contributed by atoms with Gasteiger partial charge in [-0.25, -0.2) is 14.4 Å². The lowest BCUT2D eigenvalue weighted by molar-refractivity contribution is -0.145. The van der Waals surface area contributed by atoms with Crippen LogP contribution in [0.5, 0.6) is 0 Å². The summed E-state index contributed by atoms with van der Waals surface area (Å²) in [6, 6.07) is 5.47. The number of hydrogen-bond acceptors (Lipinski definition) is 6. The largest absolute Gasteiger partial charge is 0.451 e. The maximum Gasteiger partial charge on any atom is 0.451 e. The van der Waals surface area contributed by atoms with Crippen LogP contribution in [0.3, 0.4) is 0 Å². The Kier molecular flexibility index (Phi) is 5.06. The van der Waals surface area contributed by atoms with Crippen LogP contribution in [0.2, 0.25) is 0 Å². The van der Waals surface area contributed by atoms with Crippen LogP contribution < -0.4 is 4.90 Å². The Hall–Kier alpha value is -3.57. The van der Waals surface area contributed by atoms with Crippen LogP contribution in [0.4, 0.5) is 23.4 Å². The third-order valence-electron chi connectivity index (χ3n) is 6.57. The highest BCUT2D eigenvalue weighted by Crippen LogP contribution is 2.46. The number of likely N-dealkylation sites (tertiary alicyclic amines) is 1. The first-order valence-electron chi connectivity index (χ1n) is 10.7. The molecule has 0 bridgehead atoms. The minimum Gasteiger partial charge on any atom is -0.350 e. The van der Waals surface area contributed by atoms with E-state index in [1.165, 1.54) is 47.2 Å². The van der Waals surface area contributed by atoms with E-state index < -0.39 is 23.7 Å². The Labute approximate surface area is 192 Å². The standard InChI is InChI=1S/C22H21F4N7O/c1-13-10-17(30-20(29-13)22(24,25)26)32-12-21(2)6-9-31(11-16(21)32)19(34)18-14(23)4-3-5-15(18)33-27-7-8-28-33/h3-5,7-8,10,16H,6,9,11-12H2,1-2H3/t16-,21-/m0/s1. The smallest absolute Gasteiger partial charge is 0.350 e. The van der Waals surface area contributed by atoms with Gasteiger partial charge in [0.05, 0.1) is 18.4 Å². The zero-order valence-corrected chi connectivity index (χ0v) is 18.4. The number of carbonyl (C=O) groups is 1. The second-order valence-electron chi connectivity index (χ2n) is 8.94. The second-order valence-corrected chi connectivity index (χ2v) is 8.94. The fourth-order valence-electron chi connectivity index (χ4n) is 4.76. The molecule has 178 valence electrons. The van der Waals surface area contributed by atoms with Gasteiger partial charge in [0.1, 0.15) is 22.9 Å². The predicted octanol–water partition coefficient (Wildman–Crippen LogP) is 3.26. The lowest BCUT2D eigenvalue weighted by atomic mass is 9.68. The number of hydrogen-bond donors (Lipinski definition) is 0. The van der Waals surface area contributed by atoms with Crippen LogP contribution >= 0.6 is 0 Å². The molecule has 3 aromatic rings. The number of nitrogens with zero attached hydrogens (tertiary/aromatic N) is 7. The number of anilines is 1. The maximum absolute atomic E-state index is 14.8. The van der Waals surface area contributed by atoms with Gasteiger partial charge in [-0.2, -0.15) is 28.2 Å². The predicted molar refractivity (Wildman–Crippen MR) is 113 cm³/mol. The molecule has 1 aromatic carbocycles. The van der Waals surface area contributed by atoms with Gasteiger partial charge in [0.15, 0.2) is 0 Å². The van der Waals surface area contributed by atoms with E-state index in [0.717, 1.165) is 0 Å². The summed E-state index contributed by atoms with van der Waals surface area (Å²) in [5, 5.41) is 8.01. The molecule has 2 aromatic heterocycles. The highest BCUT2D eigenvalue weighted by atomic mass is 19.4. The summed E-state index contributed by atoms with van der Waals surface area (Å²) in [6.07, 6.45) is -1.18. The molecule has 2 saturated heterocycles. The van der Waals surface area contributed by atoms with Crippen LogP contribution in [0, 0.1) is 18.2 Å². The topological polar surface area (TPSA) is 80.0 Å². The molecule has 12 heteroatoms. The number of carbonyl (C=O) groups excluding carboxylic acids is 1. The molecule has 0 saturated carbocycles. The Morgan fingerprint density at radius 1 is 1.18 bits per heavy atom. The van der Waals surface area contributed by atoms with Gasteiger partial charge in [-0.05, 0) is 25.5 Å². The molecule has 5 rings (SSSR count). The Bertz CT molecular complexity index is 1250. The Morgan fingerprint density at radius 3 is 2.62 bits per heavy atom. The first-order valence-corrected chi connectivity index (χ1v) is 10.7. The van der Waals surface area contributed by atoms with E-state index in [1.807, 2.05) is 6.92 Å². The Morgan fingerprint density at radius 2 is 1.91 bits per heavy atom. The summed E-state index contributed by atoms with van der Waals surface area (Å²) in [4.78, 5) is 25.2. The minimum atomic E-state index is -4.66. The zero-order valence-electron chi connectivity index (χ0n) is 18.4. The van der Waals surface area contributed by atoms with Crippen molar-refractivity contribution in [3.8, 4) is 5.69 Å². The molecule has 34 heavy (non-hydrogen) atoms. The Balaban J connectivity index is 1.44. The molecule has 2 fully saturated rings. The van der Waals surface area contributed by atoms with Gasteiger partial charge in [-0.3, -0.25) is 4.79 Å². The fraction of sp³-hybridized carbons (Fsp3) is 0.409. The monoisotopic (exact) mass is 475 g/mol. The molecule has 0 aliphatic carbocycles. The van der Waals surface area contributed by atoms with Crippen molar-refractivity contribution in [1.82, 2.24) is 29.9 Å². The highest BCUT2D eigenvalue weighted by molar-refractivity contribution is 5.98. The van der Waals surface area contributed by atoms with Crippen LogP contribution in [-0.2, 0) is 6.18 Å². The quantitative estimate of drug-likeness (QED) is 0.541. The number of rotatable bonds is 3. The van der Waals surface area contributed by atoms with Crippen molar-refractivity contribution >= 4 is 11.7 Å². The number of aromatic nitrogens is 5. The van der Waals surface area contributed by atoms with Gasteiger partial charge >= 0.3 is 6.18 Å². The third kappa shape index (κ3) is 3.66.